The fourth-order valence-electron chi connectivity index (χ4n) is 2.15. The lowest BCUT2D eigenvalue weighted by molar-refractivity contribution is -0.120. The van der Waals surface area contributed by atoms with E-state index in [-0.39, 0.29) is 30.7 Å². The number of nitrogens with one attached hydrogen (secondary N) is 1. The highest BCUT2D eigenvalue weighted by Crippen LogP contribution is 2.28. The topological polar surface area (TPSA) is 66.5 Å². The molecule has 1 aliphatic heterocycles. The van der Waals surface area contributed by atoms with Crippen LogP contribution in [0.15, 0.2) is 24.3 Å². The lowest BCUT2D eigenvalue weighted by atomic mass is 10.1. The highest BCUT2D eigenvalue weighted by atomic mass is 35.5. The van der Waals surface area contributed by atoms with Gasteiger partial charge < -0.3 is 10.2 Å². The van der Waals surface area contributed by atoms with E-state index in [2.05, 4.69) is 5.32 Å². The van der Waals surface area contributed by atoms with E-state index in [1.54, 1.807) is 38.1 Å². The van der Waals surface area contributed by atoms with E-state index >= 15 is 0 Å². The summed E-state index contributed by atoms with van der Waals surface area (Å²) < 4.78 is 0. The normalized spacial score (nSPS) is 18.2. The van der Waals surface area contributed by atoms with Crippen LogP contribution in [0.5, 0.6) is 0 Å². The number of rotatable bonds is 4. The third-order valence-electron chi connectivity index (χ3n) is 3.40. The summed E-state index contributed by atoms with van der Waals surface area (Å²) in [5, 5.41) is 2.29. The minimum atomic E-state index is -0.491. The third kappa shape index (κ3) is 3.61. The molecule has 2 rings (SSSR count). The number of carbonyl (C=O) groups excluding carboxylic acids is 3. The van der Waals surface area contributed by atoms with Crippen molar-refractivity contribution < 1.29 is 14.4 Å². The minimum absolute atomic E-state index is 0.0892. The fraction of sp³-hybridized carbons (Fsp3) is 0.400. The van der Waals surface area contributed by atoms with Crippen LogP contribution in [0.4, 0.5) is 11.4 Å². The molecule has 1 N–H and O–H groups in total. The molecule has 0 spiro atoms. The van der Waals surface area contributed by atoms with Crippen molar-refractivity contribution in [2.45, 2.75) is 20.3 Å². The molecule has 0 aliphatic carbocycles. The van der Waals surface area contributed by atoms with Crippen molar-refractivity contribution in [2.24, 2.45) is 11.8 Å². The van der Waals surface area contributed by atoms with E-state index in [0.29, 0.717) is 11.4 Å². The Morgan fingerprint density at radius 1 is 1.38 bits per heavy atom. The van der Waals surface area contributed by atoms with Gasteiger partial charge in [0.15, 0.2) is 0 Å². The molecule has 2 amide bonds. The summed E-state index contributed by atoms with van der Waals surface area (Å²) in [6, 6.07) is 7.01. The third-order valence-corrected chi connectivity index (χ3v) is 3.70. The number of amides is 2. The van der Waals surface area contributed by atoms with Crippen molar-refractivity contribution in [3.8, 4) is 0 Å². The van der Waals surface area contributed by atoms with Gasteiger partial charge in [-0.25, -0.2) is 0 Å². The summed E-state index contributed by atoms with van der Waals surface area (Å²) in [6.45, 7) is 3.89. The van der Waals surface area contributed by atoms with Crippen molar-refractivity contribution in [1.82, 2.24) is 0 Å². The second kappa shape index (κ2) is 6.26. The lowest BCUT2D eigenvalue weighted by Crippen LogP contribution is -2.25. The molecule has 0 unspecified atom stereocenters. The maximum absolute atomic E-state index is 12.0. The molecule has 5 nitrogen and oxygen atoms in total. The Balaban J connectivity index is 2.16. The van der Waals surface area contributed by atoms with Crippen molar-refractivity contribution in [2.75, 3.05) is 16.8 Å². The highest BCUT2D eigenvalue weighted by molar-refractivity contribution is 6.64. The molecule has 1 fully saturated rings. The summed E-state index contributed by atoms with van der Waals surface area (Å²) in [5.74, 6) is -0.816. The molecule has 112 valence electrons. The van der Waals surface area contributed by atoms with Crippen LogP contribution in [0.25, 0.3) is 0 Å². The monoisotopic (exact) mass is 308 g/mol. The standard InChI is InChI=1S/C15H17ClN2O3/c1-9(2)15(21)17-11-4-3-5-12(7-11)18-8-10(14(16)20)6-13(18)19/h3-5,7,9-10H,6,8H2,1-2H3,(H,17,21)/t10-/m0/s1. The molecule has 0 radical (unpaired) electrons. The minimum Gasteiger partial charge on any atom is -0.326 e. The zero-order valence-corrected chi connectivity index (χ0v) is 12.7. The summed E-state index contributed by atoms with van der Waals surface area (Å²) >= 11 is 5.46. The van der Waals surface area contributed by atoms with Crippen LogP contribution in [0, 0.1) is 11.8 Å². The second-order valence-electron chi connectivity index (χ2n) is 5.40. The zero-order valence-electron chi connectivity index (χ0n) is 11.9. The lowest BCUT2D eigenvalue weighted by Gasteiger charge is -2.17. The maximum atomic E-state index is 12.0. The van der Waals surface area contributed by atoms with Gasteiger partial charge in [-0.15, -0.1) is 0 Å². The largest absolute Gasteiger partial charge is 0.326 e. The predicted octanol–water partition coefficient (Wildman–Crippen LogP) is 2.40. The average Bonchev–Trinajstić information content (AvgIpc) is 2.81. The first-order valence-corrected chi connectivity index (χ1v) is 7.17. The summed E-state index contributed by atoms with van der Waals surface area (Å²) in [4.78, 5) is 36.4. The van der Waals surface area contributed by atoms with E-state index in [9.17, 15) is 14.4 Å². The summed E-state index contributed by atoms with van der Waals surface area (Å²) in [5.41, 5.74) is 1.28. The second-order valence-corrected chi connectivity index (χ2v) is 5.78. The quantitative estimate of drug-likeness (QED) is 0.869. The molecule has 1 aliphatic rings. The van der Waals surface area contributed by atoms with E-state index in [1.807, 2.05) is 0 Å². The predicted molar refractivity (Wildman–Crippen MR) is 81.2 cm³/mol. The molecule has 1 atom stereocenters. The number of halogens is 1. The van der Waals surface area contributed by atoms with Crippen molar-refractivity contribution in [3.05, 3.63) is 24.3 Å². The van der Waals surface area contributed by atoms with Gasteiger partial charge in [-0.1, -0.05) is 19.9 Å². The average molecular weight is 309 g/mol. The van der Waals surface area contributed by atoms with Crippen LogP contribution in [-0.2, 0) is 14.4 Å². The fourth-order valence-corrected chi connectivity index (χ4v) is 2.29. The Kier molecular flexibility index (Phi) is 4.63. The van der Waals surface area contributed by atoms with Crippen LogP contribution in [-0.4, -0.2) is 23.6 Å². The van der Waals surface area contributed by atoms with Gasteiger partial charge in [-0.05, 0) is 29.8 Å². The molecule has 0 bridgehead atoms. The number of carbonyl (C=O) groups is 3. The van der Waals surface area contributed by atoms with Crippen molar-refractivity contribution in [3.63, 3.8) is 0 Å². The van der Waals surface area contributed by atoms with E-state index in [4.69, 9.17) is 11.6 Å². The van der Waals surface area contributed by atoms with E-state index in [0.717, 1.165) is 0 Å². The Morgan fingerprint density at radius 3 is 2.67 bits per heavy atom. The van der Waals surface area contributed by atoms with Gasteiger partial charge in [0.05, 0.1) is 5.92 Å². The van der Waals surface area contributed by atoms with Crippen LogP contribution < -0.4 is 10.2 Å². The van der Waals surface area contributed by atoms with Crippen molar-refractivity contribution in [1.29, 1.82) is 0 Å². The molecule has 0 aromatic heterocycles. The van der Waals surface area contributed by atoms with Crippen LogP contribution in [0.2, 0.25) is 0 Å². The number of nitrogens with zero attached hydrogens (tertiary/aromatic N) is 1. The highest BCUT2D eigenvalue weighted by Gasteiger charge is 2.34. The maximum Gasteiger partial charge on any atom is 0.227 e. The molecule has 1 aromatic rings. The molecule has 21 heavy (non-hydrogen) atoms. The van der Waals surface area contributed by atoms with E-state index < -0.39 is 11.2 Å². The van der Waals surface area contributed by atoms with Crippen LogP contribution in [0.3, 0.4) is 0 Å². The molecule has 0 saturated carbocycles. The van der Waals surface area contributed by atoms with Crippen molar-refractivity contribution >= 4 is 40.0 Å². The molecular formula is C15H17ClN2O3. The molecule has 1 aromatic carbocycles. The van der Waals surface area contributed by atoms with E-state index in [1.165, 1.54) is 4.90 Å². The molecule has 6 heteroatoms. The van der Waals surface area contributed by atoms with Gasteiger partial charge >= 0.3 is 0 Å². The molecular weight excluding hydrogens is 292 g/mol. The van der Waals surface area contributed by atoms with Gasteiger partial charge in [0.2, 0.25) is 17.1 Å². The van der Waals surface area contributed by atoms with Crippen LogP contribution in [0.1, 0.15) is 20.3 Å². The summed E-state index contributed by atoms with van der Waals surface area (Å²) in [7, 11) is 0. The number of benzene rings is 1. The first-order valence-electron chi connectivity index (χ1n) is 6.79. The smallest absolute Gasteiger partial charge is 0.227 e. The number of hydrogen-bond donors (Lipinski definition) is 1. The Bertz CT molecular complexity index is 586. The Labute approximate surface area is 128 Å². The Morgan fingerprint density at radius 2 is 2.10 bits per heavy atom. The van der Waals surface area contributed by atoms with Gasteiger partial charge in [0, 0.05) is 30.3 Å². The number of hydrogen-bond acceptors (Lipinski definition) is 3. The van der Waals surface area contributed by atoms with Crippen LogP contribution >= 0.6 is 11.6 Å². The van der Waals surface area contributed by atoms with Gasteiger partial charge in [0.1, 0.15) is 0 Å². The van der Waals surface area contributed by atoms with Gasteiger partial charge in [0.25, 0.3) is 0 Å². The first-order chi connectivity index (χ1) is 9.88. The molecule has 1 heterocycles. The zero-order chi connectivity index (χ0) is 15.6. The number of anilines is 2. The first kappa shape index (κ1) is 15.5. The summed E-state index contributed by atoms with van der Waals surface area (Å²) in [6.07, 6.45) is 0.130. The molecule has 1 saturated heterocycles. The van der Waals surface area contributed by atoms with Gasteiger partial charge in [-0.3, -0.25) is 14.4 Å². The Hall–Kier alpha value is -1.88. The SMILES string of the molecule is CC(C)C(=O)Nc1cccc(N2C[C@@H](C(=O)Cl)CC2=O)c1. The van der Waals surface area contributed by atoms with Gasteiger partial charge in [-0.2, -0.15) is 0 Å².